The van der Waals surface area contributed by atoms with Gasteiger partial charge in [-0.15, -0.1) is 0 Å². The number of H-pyrrole nitrogens is 2. The molecule has 332 valence electrons. The van der Waals surface area contributed by atoms with E-state index in [-0.39, 0.29) is 5.56 Å². The number of rotatable bonds is 13. The van der Waals surface area contributed by atoms with Crippen molar-refractivity contribution in [1.29, 1.82) is 5.26 Å². The molecule has 0 bridgehead atoms. The molecule has 2 aliphatic heterocycles. The van der Waals surface area contributed by atoms with E-state index in [9.17, 15) is 36.2 Å². The van der Waals surface area contributed by atoms with Crippen LogP contribution in [0, 0.1) is 11.3 Å². The first kappa shape index (κ1) is 45.1. The number of hydrogen-bond donors (Lipinski definition) is 3. The summed E-state index contributed by atoms with van der Waals surface area (Å²) in [5.74, 6) is -0.927. The van der Waals surface area contributed by atoms with E-state index in [1.165, 1.54) is 29.8 Å². The number of piperazine rings is 2. The highest BCUT2D eigenvalue weighted by atomic mass is 19.4. The first-order valence-electron chi connectivity index (χ1n) is 21.4. The van der Waals surface area contributed by atoms with Crippen LogP contribution in [0.5, 0.6) is 0 Å². The standard InChI is InChI=1S/C24H25F3N4.C24H26F3N3O2/c25-24(26,27)20-5-3-6-21(15-20)31-12-10-30(11-13-31)9-2-1-4-19-17-29-23-8-7-18(16-28)14-22(19)23;25-24(26,27)19-5-3-6-20(15-19)30-12-10-29(11-13-30)9-2-1-4-18-16-28-22-8-7-17(23(31)32)14-21(18)22/h3,5-8,14-15,17,29H,1-2,4,9-13H2;3,5-8,14-16,28H,1-2,4,9-13H2,(H,31,32). The lowest BCUT2D eigenvalue weighted by Crippen LogP contribution is -2.46. The molecule has 3 N–H and O–H groups in total. The summed E-state index contributed by atoms with van der Waals surface area (Å²) in [4.78, 5) is 26.5. The number of alkyl halides is 6. The van der Waals surface area contributed by atoms with Gasteiger partial charge in [0.25, 0.3) is 0 Å². The highest BCUT2D eigenvalue weighted by molar-refractivity contribution is 5.94. The number of fused-ring (bicyclic) bond motifs is 2. The fraction of sp³-hybridized carbons (Fsp3) is 0.375. The number of hydrogen-bond acceptors (Lipinski definition) is 6. The monoisotopic (exact) mass is 871 g/mol. The summed E-state index contributed by atoms with van der Waals surface area (Å²) in [5.41, 5.74) is 5.39. The van der Waals surface area contributed by atoms with Gasteiger partial charge in [-0.1, -0.05) is 12.1 Å². The van der Waals surface area contributed by atoms with Crippen molar-refractivity contribution < 1.29 is 36.2 Å². The van der Waals surface area contributed by atoms with Crippen molar-refractivity contribution in [3.63, 3.8) is 0 Å². The van der Waals surface area contributed by atoms with Crippen LogP contribution in [0.3, 0.4) is 0 Å². The molecule has 2 fully saturated rings. The van der Waals surface area contributed by atoms with Crippen molar-refractivity contribution in [2.24, 2.45) is 0 Å². The first-order chi connectivity index (χ1) is 30.2. The first-order valence-corrected chi connectivity index (χ1v) is 21.4. The third-order valence-corrected chi connectivity index (χ3v) is 12.1. The normalized spacial score (nSPS) is 15.4. The minimum atomic E-state index is -4.32. The lowest BCUT2D eigenvalue weighted by Gasteiger charge is -2.36. The van der Waals surface area contributed by atoms with Gasteiger partial charge in [-0.2, -0.15) is 31.6 Å². The number of carbonyl (C=O) groups is 1. The van der Waals surface area contributed by atoms with Crippen LogP contribution in [-0.2, 0) is 25.2 Å². The SMILES string of the molecule is N#Cc1ccc2[nH]cc(CCCCN3CCN(c4cccc(C(F)(F)F)c4)CC3)c2c1.O=C(O)c1ccc2[nH]cc(CCCCN3CCN(c4cccc(C(F)(F)F)c4)CC3)c2c1. The maximum Gasteiger partial charge on any atom is 0.416 e. The van der Waals surface area contributed by atoms with E-state index >= 15 is 0 Å². The molecule has 0 atom stereocenters. The van der Waals surface area contributed by atoms with Crippen LogP contribution in [0.1, 0.15) is 63.9 Å². The van der Waals surface area contributed by atoms with E-state index in [2.05, 4.69) is 25.8 Å². The Bertz CT molecular complexity index is 2510. The quantitative estimate of drug-likeness (QED) is 0.0784. The van der Waals surface area contributed by atoms with Gasteiger partial charge in [-0.25, -0.2) is 4.79 Å². The second kappa shape index (κ2) is 20.0. The Kier molecular flexibility index (Phi) is 14.3. The molecule has 0 unspecified atom stereocenters. The zero-order valence-corrected chi connectivity index (χ0v) is 34.9. The van der Waals surface area contributed by atoms with Crippen molar-refractivity contribution in [1.82, 2.24) is 19.8 Å². The number of aromatic nitrogens is 2. The van der Waals surface area contributed by atoms with Crippen molar-refractivity contribution in [2.75, 3.05) is 75.2 Å². The van der Waals surface area contributed by atoms with E-state index in [0.29, 0.717) is 30.0 Å². The number of aromatic carboxylic acids is 1. The van der Waals surface area contributed by atoms with Crippen LogP contribution in [0.2, 0.25) is 0 Å². The number of nitrogens with one attached hydrogen (secondary N) is 2. The molecular weight excluding hydrogens is 821 g/mol. The van der Waals surface area contributed by atoms with E-state index in [1.807, 2.05) is 40.4 Å². The third-order valence-electron chi connectivity index (χ3n) is 12.1. The van der Waals surface area contributed by atoms with Crippen LogP contribution >= 0.6 is 0 Å². The van der Waals surface area contributed by atoms with Crippen LogP contribution in [0.15, 0.2) is 97.3 Å². The molecule has 9 nitrogen and oxygen atoms in total. The summed E-state index contributed by atoms with van der Waals surface area (Å²) in [6, 6.07) is 24.2. The molecule has 2 saturated heterocycles. The minimum absolute atomic E-state index is 0.289. The Hall–Kier alpha value is -5.98. The number of aryl methyl sites for hydroxylation is 2. The number of benzene rings is 4. The second-order valence-electron chi connectivity index (χ2n) is 16.2. The molecule has 4 heterocycles. The van der Waals surface area contributed by atoms with Gasteiger partial charge in [0.05, 0.1) is 28.3 Å². The van der Waals surface area contributed by atoms with Crippen molar-refractivity contribution in [3.8, 4) is 6.07 Å². The Morgan fingerprint density at radius 3 is 1.51 bits per heavy atom. The molecule has 0 spiro atoms. The van der Waals surface area contributed by atoms with Gasteiger partial charge >= 0.3 is 18.3 Å². The molecule has 2 aromatic heterocycles. The highest BCUT2D eigenvalue weighted by Gasteiger charge is 2.32. The topological polar surface area (TPSA) is 106 Å². The van der Waals surface area contributed by atoms with Gasteiger partial charge < -0.3 is 24.9 Å². The van der Waals surface area contributed by atoms with Crippen LogP contribution in [0.25, 0.3) is 21.8 Å². The van der Waals surface area contributed by atoms with Gasteiger partial charge in [0.15, 0.2) is 0 Å². The average Bonchev–Trinajstić information content (AvgIpc) is 3.89. The highest BCUT2D eigenvalue weighted by Crippen LogP contribution is 2.33. The van der Waals surface area contributed by atoms with E-state index in [1.54, 1.807) is 30.3 Å². The fourth-order valence-electron chi connectivity index (χ4n) is 8.49. The van der Waals surface area contributed by atoms with Crippen LogP contribution in [0.4, 0.5) is 37.7 Å². The number of halogens is 6. The molecule has 0 aliphatic carbocycles. The molecule has 0 radical (unpaired) electrons. The van der Waals surface area contributed by atoms with E-state index in [4.69, 9.17) is 5.26 Å². The maximum absolute atomic E-state index is 13.0. The molecule has 15 heteroatoms. The minimum Gasteiger partial charge on any atom is -0.478 e. The number of nitrogens with zero attached hydrogens (tertiary/aromatic N) is 5. The summed E-state index contributed by atoms with van der Waals surface area (Å²) >= 11 is 0. The number of carboxylic acids is 1. The van der Waals surface area contributed by atoms with Crippen LogP contribution in [-0.4, -0.2) is 96.3 Å². The van der Waals surface area contributed by atoms with Crippen molar-refractivity contribution in [2.45, 2.75) is 50.9 Å². The van der Waals surface area contributed by atoms with Crippen molar-refractivity contribution >= 4 is 39.1 Å². The molecule has 63 heavy (non-hydrogen) atoms. The Balaban J connectivity index is 0.000000189. The summed E-state index contributed by atoms with van der Waals surface area (Å²) in [6.45, 7) is 8.19. The molecule has 4 aromatic carbocycles. The van der Waals surface area contributed by atoms with Gasteiger partial charge in [-0.3, -0.25) is 9.80 Å². The maximum atomic E-state index is 13.0. The Morgan fingerprint density at radius 2 is 1.06 bits per heavy atom. The van der Waals surface area contributed by atoms with Crippen molar-refractivity contribution in [3.05, 3.63) is 131 Å². The van der Waals surface area contributed by atoms with E-state index < -0.39 is 29.4 Å². The molecule has 8 rings (SSSR count). The smallest absolute Gasteiger partial charge is 0.416 e. The second-order valence-corrected chi connectivity index (χ2v) is 16.2. The fourth-order valence-corrected chi connectivity index (χ4v) is 8.49. The molecule has 6 aromatic rings. The summed E-state index contributed by atoms with van der Waals surface area (Å²) in [5, 5.41) is 20.4. The number of aromatic amines is 2. The number of nitriles is 1. The summed E-state index contributed by atoms with van der Waals surface area (Å²) in [7, 11) is 0. The summed E-state index contributed by atoms with van der Waals surface area (Å²) in [6.07, 6.45) is 1.28. The largest absolute Gasteiger partial charge is 0.478 e. The lowest BCUT2D eigenvalue weighted by molar-refractivity contribution is -0.138. The third kappa shape index (κ3) is 11.7. The number of anilines is 2. The van der Waals surface area contributed by atoms with Crippen LogP contribution < -0.4 is 9.80 Å². The Morgan fingerprint density at radius 1 is 0.603 bits per heavy atom. The summed E-state index contributed by atoms with van der Waals surface area (Å²) < 4.78 is 77.7. The molecule has 0 amide bonds. The average molecular weight is 872 g/mol. The number of carboxylic acid groups (broad SMARTS) is 1. The number of unbranched alkanes of at least 4 members (excludes halogenated alkanes) is 2. The molecular formula is C48H51F6N7O2. The van der Waals surface area contributed by atoms with Gasteiger partial charge in [0.1, 0.15) is 0 Å². The van der Waals surface area contributed by atoms with E-state index in [0.717, 1.165) is 130 Å². The molecule has 2 aliphatic rings. The van der Waals surface area contributed by atoms with Gasteiger partial charge in [-0.05, 0) is 136 Å². The Labute approximate surface area is 362 Å². The predicted octanol–water partition coefficient (Wildman–Crippen LogP) is 10.2. The predicted molar refractivity (Wildman–Crippen MR) is 234 cm³/mol. The molecule has 0 saturated carbocycles. The zero-order chi connectivity index (χ0) is 44.6. The van der Waals surface area contributed by atoms with Gasteiger partial charge in [0.2, 0.25) is 0 Å². The zero-order valence-electron chi connectivity index (χ0n) is 34.9. The van der Waals surface area contributed by atoms with Gasteiger partial charge in [0, 0.05) is 97.9 Å². The lowest BCUT2D eigenvalue weighted by atomic mass is 10.0.